The molecule has 0 bridgehead atoms. The van der Waals surface area contributed by atoms with Gasteiger partial charge in [-0.1, -0.05) is 6.07 Å². The van der Waals surface area contributed by atoms with E-state index >= 15 is 0 Å². The maximum absolute atomic E-state index is 13.8. The fourth-order valence-electron chi connectivity index (χ4n) is 3.08. The van der Waals surface area contributed by atoms with Crippen molar-refractivity contribution in [1.82, 2.24) is 0 Å². The largest absolute Gasteiger partial charge is 0.371 e. The summed E-state index contributed by atoms with van der Waals surface area (Å²) in [5.74, 6) is -1.93. The van der Waals surface area contributed by atoms with Gasteiger partial charge in [0, 0.05) is 24.7 Å². The molecule has 0 unspecified atom stereocenters. The van der Waals surface area contributed by atoms with Crippen molar-refractivity contribution >= 4 is 11.5 Å². The predicted octanol–water partition coefficient (Wildman–Crippen LogP) is 3.94. The number of anilines is 1. The van der Waals surface area contributed by atoms with Crippen LogP contribution in [0, 0.1) is 28.9 Å². The van der Waals surface area contributed by atoms with Crippen LogP contribution in [0.1, 0.15) is 28.8 Å². The molecule has 0 aromatic heterocycles. The summed E-state index contributed by atoms with van der Waals surface area (Å²) in [5, 5.41) is 8.97. The van der Waals surface area contributed by atoms with E-state index in [1.54, 1.807) is 6.07 Å². The van der Waals surface area contributed by atoms with Crippen LogP contribution in [0.4, 0.5) is 14.5 Å². The Morgan fingerprint density at radius 3 is 2.58 bits per heavy atom. The summed E-state index contributed by atoms with van der Waals surface area (Å²) in [5.41, 5.74) is 1.37. The van der Waals surface area contributed by atoms with E-state index in [1.165, 1.54) is 0 Å². The molecule has 1 heterocycles. The molecule has 0 amide bonds. The molecule has 1 fully saturated rings. The summed E-state index contributed by atoms with van der Waals surface area (Å²) >= 11 is 0. The van der Waals surface area contributed by atoms with E-state index in [1.807, 2.05) is 18.2 Å². The number of ketones is 1. The number of benzene rings is 2. The Labute approximate surface area is 139 Å². The second kappa shape index (κ2) is 6.79. The zero-order chi connectivity index (χ0) is 17.1. The molecule has 122 valence electrons. The number of hydrogen-bond acceptors (Lipinski definition) is 3. The second-order valence-corrected chi connectivity index (χ2v) is 5.91. The van der Waals surface area contributed by atoms with Crippen LogP contribution in [0.3, 0.4) is 0 Å². The molecule has 5 heteroatoms. The summed E-state index contributed by atoms with van der Waals surface area (Å²) in [7, 11) is 0. The standard InChI is InChI=1S/C19H16F2N2O/c20-15-4-5-18(21)17(11-15)19(24)14-6-8-23(9-7-14)16-3-1-2-13(10-16)12-22/h1-5,10-11,14H,6-9H2. The minimum Gasteiger partial charge on any atom is -0.371 e. The van der Waals surface area contributed by atoms with Gasteiger partial charge in [0.1, 0.15) is 11.6 Å². The summed E-state index contributed by atoms with van der Waals surface area (Å²) in [4.78, 5) is 14.6. The minimum absolute atomic E-state index is 0.167. The monoisotopic (exact) mass is 326 g/mol. The zero-order valence-electron chi connectivity index (χ0n) is 13.0. The van der Waals surface area contributed by atoms with Gasteiger partial charge in [0.05, 0.1) is 17.2 Å². The molecule has 0 spiro atoms. The van der Waals surface area contributed by atoms with Crippen molar-refractivity contribution < 1.29 is 13.6 Å². The predicted molar refractivity (Wildman–Crippen MR) is 86.8 cm³/mol. The van der Waals surface area contributed by atoms with Gasteiger partial charge >= 0.3 is 0 Å². The lowest BCUT2D eigenvalue weighted by Crippen LogP contribution is -2.36. The number of hydrogen-bond donors (Lipinski definition) is 0. The van der Waals surface area contributed by atoms with Gasteiger partial charge in [-0.3, -0.25) is 4.79 Å². The van der Waals surface area contributed by atoms with E-state index < -0.39 is 11.6 Å². The summed E-state index contributed by atoms with van der Waals surface area (Å²) < 4.78 is 27.0. The lowest BCUT2D eigenvalue weighted by atomic mass is 9.88. The van der Waals surface area contributed by atoms with Crippen LogP contribution in [0.5, 0.6) is 0 Å². The average Bonchev–Trinajstić information content (AvgIpc) is 2.63. The van der Waals surface area contributed by atoms with E-state index in [0.29, 0.717) is 31.5 Å². The third-order valence-corrected chi connectivity index (χ3v) is 4.40. The van der Waals surface area contributed by atoms with Gasteiger partial charge in [0.15, 0.2) is 5.78 Å². The topological polar surface area (TPSA) is 44.1 Å². The summed E-state index contributed by atoms with van der Waals surface area (Å²) in [6.07, 6.45) is 1.15. The molecule has 0 atom stereocenters. The highest BCUT2D eigenvalue weighted by molar-refractivity contribution is 5.98. The van der Waals surface area contributed by atoms with Crippen molar-refractivity contribution in [2.75, 3.05) is 18.0 Å². The van der Waals surface area contributed by atoms with Gasteiger partial charge in [0.25, 0.3) is 0 Å². The highest BCUT2D eigenvalue weighted by Gasteiger charge is 2.27. The van der Waals surface area contributed by atoms with Crippen LogP contribution in [0.15, 0.2) is 42.5 Å². The first-order valence-electron chi connectivity index (χ1n) is 7.83. The van der Waals surface area contributed by atoms with Crippen LogP contribution in [0.25, 0.3) is 0 Å². The van der Waals surface area contributed by atoms with E-state index in [-0.39, 0.29) is 17.3 Å². The highest BCUT2D eigenvalue weighted by Crippen LogP contribution is 2.27. The Bertz CT molecular complexity index is 805. The molecular weight excluding hydrogens is 310 g/mol. The Balaban J connectivity index is 1.69. The van der Waals surface area contributed by atoms with E-state index in [4.69, 9.17) is 5.26 Å². The fourth-order valence-corrected chi connectivity index (χ4v) is 3.08. The first-order chi connectivity index (χ1) is 11.6. The molecule has 3 rings (SSSR count). The summed E-state index contributed by atoms with van der Waals surface area (Å²) in [6.45, 7) is 1.28. The Kier molecular flexibility index (Phi) is 4.57. The van der Waals surface area contributed by atoms with Gasteiger partial charge in [-0.25, -0.2) is 8.78 Å². The number of carbonyl (C=O) groups excluding carboxylic acids is 1. The lowest BCUT2D eigenvalue weighted by Gasteiger charge is -2.33. The van der Waals surface area contributed by atoms with E-state index in [0.717, 1.165) is 23.9 Å². The number of nitrogens with zero attached hydrogens (tertiary/aromatic N) is 2. The Morgan fingerprint density at radius 1 is 1.12 bits per heavy atom. The number of halogens is 2. The quantitative estimate of drug-likeness (QED) is 0.803. The molecule has 0 N–H and O–H groups in total. The van der Waals surface area contributed by atoms with Gasteiger partial charge in [-0.05, 0) is 49.2 Å². The number of piperidine rings is 1. The molecule has 0 radical (unpaired) electrons. The fraction of sp³-hybridized carbons (Fsp3) is 0.263. The molecule has 3 nitrogen and oxygen atoms in total. The Hall–Kier alpha value is -2.74. The molecular formula is C19H16F2N2O. The third-order valence-electron chi connectivity index (χ3n) is 4.40. The van der Waals surface area contributed by atoms with Crippen LogP contribution in [-0.4, -0.2) is 18.9 Å². The van der Waals surface area contributed by atoms with Crippen molar-refractivity contribution in [3.8, 4) is 6.07 Å². The van der Waals surface area contributed by atoms with E-state index in [2.05, 4.69) is 11.0 Å². The molecule has 1 aliphatic heterocycles. The average molecular weight is 326 g/mol. The molecule has 0 aliphatic carbocycles. The van der Waals surface area contributed by atoms with Crippen LogP contribution in [0.2, 0.25) is 0 Å². The summed E-state index contributed by atoms with van der Waals surface area (Å²) in [6, 6.07) is 12.4. The number of nitriles is 1. The highest BCUT2D eigenvalue weighted by atomic mass is 19.1. The normalized spacial score (nSPS) is 15.1. The molecule has 24 heavy (non-hydrogen) atoms. The van der Waals surface area contributed by atoms with Crippen molar-refractivity contribution in [3.63, 3.8) is 0 Å². The van der Waals surface area contributed by atoms with Gasteiger partial charge < -0.3 is 4.90 Å². The van der Waals surface area contributed by atoms with Crippen molar-refractivity contribution in [3.05, 3.63) is 65.2 Å². The number of Topliss-reactive ketones (excluding diaryl/α,β-unsaturated/α-hetero) is 1. The number of rotatable bonds is 3. The SMILES string of the molecule is N#Cc1cccc(N2CCC(C(=O)c3cc(F)ccc3F)CC2)c1. The molecule has 1 aliphatic rings. The van der Waals surface area contributed by atoms with Gasteiger partial charge in [-0.15, -0.1) is 0 Å². The Morgan fingerprint density at radius 2 is 1.88 bits per heavy atom. The molecule has 1 saturated heterocycles. The first-order valence-corrected chi connectivity index (χ1v) is 7.83. The first kappa shape index (κ1) is 16.1. The smallest absolute Gasteiger partial charge is 0.169 e. The maximum atomic E-state index is 13.8. The van der Waals surface area contributed by atoms with Crippen LogP contribution in [-0.2, 0) is 0 Å². The van der Waals surface area contributed by atoms with Gasteiger partial charge in [0.2, 0.25) is 0 Å². The second-order valence-electron chi connectivity index (χ2n) is 5.91. The molecule has 0 saturated carbocycles. The van der Waals surface area contributed by atoms with Crippen molar-refractivity contribution in [1.29, 1.82) is 5.26 Å². The van der Waals surface area contributed by atoms with E-state index in [9.17, 15) is 13.6 Å². The lowest BCUT2D eigenvalue weighted by molar-refractivity contribution is 0.0896. The minimum atomic E-state index is -0.675. The van der Waals surface area contributed by atoms with Crippen molar-refractivity contribution in [2.45, 2.75) is 12.8 Å². The molecule has 2 aromatic rings. The third kappa shape index (κ3) is 3.28. The molecule has 2 aromatic carbocycles. The van der Waals surface area contributed by atoms with Gasteiger partial charge in [-0.2, -0.15) is 5.26 Å². The van der Waals surface area contributed by atoms with Crippen LogP contribution >= 0.6 is 0 Å². The maximum Gasteiger partial charge on any atom is 0.169 e. The zero-order valence-corrected chi connectivity index (χ0v) is 13.0. The number of carbonyl (C=O) groups is 1. The van der Waals surface area contributed by atoms with Crippen LogP contribution < -0.4 is 4.90 Å². The van der Waals surface area contributed by atoms with Crippen molar-refractivity contribution in [2.24, 2.45) is 5.92 Å².